The van der Waals surface area contributed by atoms with E-state index in [1.807, 2.05) is 0 Å². The molecule has 0 aliphatic carbocycles. The van der Waals surface area contributed by atoms with Gasteiger partial charge in [0.25, 0.3) is 0 Å². The summed E-state index contributed by atoms with van der Waals surface area (Å²) in [7, 11) is -0.620. The Morgan fingerprint density at radius 1 is 1.58 bits per heavy atom. The van der Waals surface area contributed by atoms with Gasteiger partial charge in [0.15, 0.2) is 0 Å². The maximum absolute atomic E-state index is 10.9. The molecule has 2 unspecified atom stereocenters. The summed E-state index contributed by atoms with van der Waals surface area (Å²) < 4.78 is 10.9. The molecule has 1 aliphatic rings. The lowest BCUT2D eigenvalue weighted by molar-refractivity contribution is 0.194. The molecule has 2 atom stereocenters. The number of piperidine rings is 1. The summed E-state index contributed by atoms with van der Waals surface area (Å²) in [6, 6.07) is 0. The second-order valence-electron chi connectivity index (χ2n) is 3.83. The first-order valence-electron chi connectivity index (χ1n) is 4.71. The Hall–Kier alpha value is 0.110. The van der Waals surface area contributed by atoms with Crippen molar-refractivity contribution in [2.45, 2.75) is 19.8 Å². The highest BCUT2D eigenvalue weighted by atomic mass is 32.2. The SMILES string of the molecule is CC1CCCN(CCS(C)=O)C1. The fourth-order valence-corrected chi connectivity index (χ4v) is 2.26. The van der Waals surface area contributed by atoms with E-state index in [9.17, 15) is 4.21 Å². The van der Waals surface area contributed by atoms with E-state index < -0.39 is 10.8 Å². The van der Waals surface area contributed by atoms with E-state index in [1.165, 1.54) is 25.9 Å². The fourth-order valence-electron chi connectivity index (χ4n) is 1.75. The smallest absolute Gasteiger partial charge is 0.0359 e. The number of nitrogens with zero attached hydrogens (tertiary/aromatic N) is 1. The number of rotatable bonds is 3. The van der Waals surface area contributed by atoms with Gasteiger partial charge in [-0.05, 0) is 25.3 Å². The van der Waals surface area contributed by atoms with Gasteiger partial charge in [-0.3, -0.25) is 4.21 Å². The van der Waals surface area contributed by atoms with E-state index in [0.717, 1.165) is 18.2 Å². The van der Waals surface area contributed by atoms with E-state index >= 15 is 0 Å². The van der Waals surface area contributed by atoms with Crippen LogP contribution in [-0.4, -0.2) is 40.8 Å². The van der Waals surface area contributed by atoms with Crippen LogP contribution in [0.2, 0.25) is 0 Å². The Morgan fingerprint density at radius 3 is 2.92 bits per heavy atom. The monoisotopic (exact) mass is 189 g/mol. The third-order valence-corrected chi connectivity index (χ3v) is 3.19. The van der Waals surface area contributed by atoms with Crippen LogP contribution in [0.4, 0.5) is 0 Å². The standard InChI is InChI=1S/C9H19NOS/c1-9-4-3-5-10(8-9)6-7-12(2)11/h9H,3-8H2,1-2H3. The Balaban J connectivity index is 2.18. The Labute approximate surface area is 77.8 Å². The van der Waals surface area contributed by atoms with Gasteiger partial charge in [0, 0.05) is 35.9 Å². The maximum Gasteiger partial charge on any atom is 0.0359 e. The highest BCUT2D eigenvalue weighted by molar-refractivity contribution is 7.84. The van der Waals surface area contributed by atoms with Gasteiger partial charge >= 0.3 is 0 Å². The molecule has 0 saturated carbocycles. The lowest BCUT2D eigenvalue weighted by atomic mass is 10.0. The van der Waals surface area contributed by atoms with Crippen molar-refractivity contribution in [3.8, 4) is 0 Å². The fraction of sp³-hybridized carbons (Fsp3) is 1.00. The van der Waals surface area contributed by atoms with Crippen LogP contribution in [0.3, 0.4) is 0 Å². The average molecular weight is 189 g/mol. The molecule has 2 nitrogen and oxygen atoms in total. The first kappa shape index (κ1) is 10.2. The van der Waals surface area contributed by atoms with Crippen LogP contribution in [0.25, 0.3) is 0 Å². The van der Waals surface area contributed by atoms with E-state index in [0.29, 0.717) is 0 Å². The zero-order valence-corrected chi connectivity index (χ0v) is 8.90. The molecule has 0 radical (unpaired) electrons. The summed E-state index contributed by atoms with van der Waals surface area (Å²) in [6.45, 7) is 5.74. The topological polar surface area (TPSA) is 20.3 Å². The van der Waals surface area contributed by atoms with E-state index in [-0.39, 0.29) is 0 Å². The molecule has 0 aromatic rings. The van der Waals surface area contributed by atoms with Crippen molar-refractivity contribution in [2.24, 2.45) is 5.92 Å². The van der Waals surface area contributed by atoms with Gasteiger partial charge in [-0.1, -0.05) is 6.92 Å². The Bertz CT molecular complexity index is 161. The van der Waals surface area contributed by atoms with Crippen molar-refractivity contribution in [2.75, 3.05) is 31.6 Å². The minimum absolute atomic E-state index is 0.620. The van der Waals surface area contributed by atoms with Crippen LogP contribution >= 0.6 is 0 Å². The zero-order chi connectivity index (χ0) is 8.97. The molecule has 0 spiro atoms. The summed E-state index contributed by atoms with van der Waals surface area (Å²) in [4.78, 5) is 2.44. The van der Waals surface area contributed by atoms with Gasteiger partial charge < -0.3 is 4.90 Å². The molecule has 0 amide bonds. The van der Waals surface area contributed by atoms with Crippen molar-refractivity contribution in [1.82, 2.24) is 4.90 Å². The molecule has 0 N–H and O–H groups in total. The first-order valence-corrected chi connectivity index (χ1v) is 6.43. The van der Waals surface area contributed by atoms with Crippen LogP contribution in [0.1, 0.15) is 19.8 Å². The van der Waals surface area contributed by atoms with E-state index in [4.69, 9.17) is 0 Å². The molecule has 0 aromatic carbocycles. The van der Waals surface area contributed by atoms with Gasteiger partial charge in [0.05, 0.1) is 0 Å². The van der Waals surface area contributed by atoms with Crippen molar-refractivity contribution < 1.29 is 4.21 Å². The molecular weight excluding hydrogens is 170 g/mol. The van der Waals surface area contributed by atoms with Crippen LogP contribution in [0, 0.1) is 5.92 Å². The van der Waals surface area contributed by atoms with Gasteiger partial charge in [-0.2, -0.15) is 0 Å². The number of likely N-dealkylation sites (tertiary alicyclic amines) is 1. The van der Waals surface area contributed by atoms with E-state index in [1.54, 1.807) is 6.26 Å². The molecule has 1 fully saturated rings. The molecule has 72 valence electrons. The predicted octanol–water partition coefficient (Wildman–Crippen LogP) is 1.10. The van der Waals surface area contributed by atoms with Crippen LogP contribution < -0.4 is 0 Å². The maximum atomic E-state index is 10.9. The summed E-state index contributed by atoms with van der Waals surface area (Å²) in [5, 5.41) is 0. The molecule has 12 heavy (non-hydrogen) atoms. The van der Waals surface area contributed by atoms with Gasteiger partial charge in [-0.25, -0.2) is 0 Å². The largest absolute Gasteiger partial charge is 0.302 e. The minimum atomic E-state index is -0.620. The summed E-state index contributed by atoms with van der Waals surface area (Å²) in [5.74, 6) is 1.68. The van der Waals surface area contributed by atoms with Crippen LogP contribution in [0.15, 0.2) is 0 Å². The highest BCUT2D eigenvalue weighted by Gasteiger charge is 2.15. The molecule has 1 rings (SSSR count). The van der Waals surface area contributed by atoms with Crippen molar-refractivity contribution in [1.29, 1.82) is 0 Å². The average Bonchev–Trinajstić information content (AvgIpc) is 2.01. The summed E-state index contributed by atoms with van der Waals surface area (Å²) >= 11 is 0. The van der Waals surface area contributed by atoms with Gasteiger partial charge in [0.2, 0.25) is 0 Å². The number of hydrogen-bond donors (Lipinski definition) is 0. The van der Waals surface area contributed by atoms with Crippen LogP contribution in [-0.2, 0) is 10.8 Å². The predicted molar refractivity (Wildman–Crippen MR) is 53.8 cm³/mol. The second-order valence-corrected chi connectivity index (χ2v) is 5.38. The van der Waals surface area contributed by atoms with Crippen LogP contribution in [0.5, 0.6) is 0 Å². The molecular formula is C9H19NOS. The van der Waals surface area contributed by atoms with Crippen molar-refractivity contribution >= 4 is 10.8 Å². The van der Waals surface area contributed by atoms with Gasteiger partial charge in [-0.15, -0.1) is 0 Å². The summed E-state index contributed by atoms with van der Waals surface area (Å²) in [6.07, 6.45) is 4.47. The zero-order valence-electron chi connectivity index (χ0n) is 8.08. The molecule has 1 saturated heterocycles. The van der Waals surface area contributed by atoms with Crippen molar-refractivity contribution in [3.63, 3.8) is 0 Å². The molecule has 3 heteroatoms. The molecule has 0 aromatic heterocycles. The van der Waals surface area contributed by atoms with E-state index in [2.05, 4.69) is 11.8 Å². The lowest BCUT2D eigenvalue weighted by Crippen LogP contribution is -2.36. The normalized spacial score (nSPS) is 28.7. The molecule has 1 aliphatic heterocycles. The molecule has 1 heterocycles. The lowest BCUT2D eigenvalue weighted by Gasteiger charge is -2.30. The first-order chi connectivity index (χ1) is 5.68. The highest BCUT2D eigenvalue weighted by Crippen LogP contribution is 2.14. The van der Waals surface area contributed by atoms with Gasteiger partial charge in [0.1, 0.15) is 0 Å². The molecule has 0 bridgehead atoms. The minimum Gasteiger partial charge on any atom is -0.302 e. The quantitative estimate of drug-likeness (QED) is 0.662. The Morgan fingerprint density at radius 2 is 2.33 bits per heavy atom. The Kier molecular flexibility index (Phi) is 4.22. The third-order valence-electron chi connectivity index (χ3n) is 2.44. The second kappa shape index (κ2) is 4.97. The summed E-state index contributed by atoms with van der Waals surface area (Å²) in [5.41, 5.74) is 0. The third kappa shape index (κ3) is 3.68. The van der Waals surface area contributed by atoms with Crippen molar-refractivity contribution in [3.05, 3.63) is 0 Å². The number of hydrogen-bond acceptors (Lipinski definition) is 2.